The number of Topliss-reactive ketones (excluding diaryl/α,β-unsaturated/α-hetero) is 1. The number of carbonyl (C=O) groups is 1. The molecule has 4 nitrogen and oxygen atoms in total. The summed E-state index contributed by atoms with van der Waals surface area (Å²) in [6, 6.07) is 8.01. The highest BCUT2D eigenvalue weighted by Gasteiger charge is 2.30. The molecule has 0 spiro atoms. The van der Waals surface area contributed by atoms with E-state index in [2.05, 4.69) is 15.9 Å². The lowest BCUT2D eigenvalue weighted by atomic mass is 10.1. The number of fused-ring (bicyclic) bond motifs is 1. The van der Waals surface area contributed by atoms with Gasteiger partial charge < -0.3 is 14.6 Å². The van der Waals surface area contributed by atoms with Crippen LogP contribution in [0.5, 0.6) is 17.2 Å². The van der Waals surface area contributed by atoms with Crippen LogP contribution in [0.1, 0.15) is 15.9 Å². The SMILES string of the molecule is COc1ccc2c(c1Br)O/C(=C\c1ccc(O)c(Cl)c1)C2=O. The molecule has 1 aliphatic heterocycles. The van der Waals surface area contributed by atoms with Crippen molar-refractivity contribution in [3.8, 4) is 17.2 Å². The lowest BCUT2D eigenvalue weighted by Gasteiger charge is -2.06. The first-order valence-corrected chi connectivity index (χ1v) is 7.47. The van der Waals surface area contributed by atoms with Gasteiger partial charge in [0.05, 0.1) is 17.7 Å². The zero-order valence-electron chi connectivity index (χ0n) is 11.4. The van der Waals surface area contributed by atoms with E-state index in [-0.39, 0.29) is 22.3 Å². The van der Waals surface area contributed by atoms with E-state index in [4.69, 9.17) is 21.1 Å². The van der Waals surface area contributed by atoms with Crippen molar-refractivity contribution >= 4 is 39.4 Å². The number of rotatable bonds is 2. The van der Waals surface area contributed by atoms with E-state index in [9.17, 15) is 9.90 Å². The van der Waals surface area contributed by atoms with Gasteiger partial charge in [0.25, 0.3) is 0 Å². The third-order valence-electron chi connectivity index (χ3n) is 3.23. The Bertz CT molecular complexity index is 814. The summed E-state index contributed by atoms with van der Waals surface area (Å²) >= 11 is 9.23. The Morgan fingerprint density at radius 2 is 2.09 bits per heavy atom. The molecule has 0 radical (unpaired) electrons. The van der Waals surface area contributed by atoms with Gasteiger partial charge in [-0.05, 0) is 51.8 Å². The van der Waals surface area contributed by atoms with Crippen LogP contribution >= 0.6 is 27.5 Å². The number of aromatic hydroxyl groups is 1. The highest BCUT2D eigenvalue weighted by atomic mass is 79.9. The van der Waals surface area contributed by atoms with Gasteiger partial charge in [-0.3, -0.25) is 4.79 Å². The van der Waals surface area contributed by atoms with E-state index in [0.717, 1.165) is 0 Å². The molecule has 0 amide bonds. The third-order valence-corrected chi connectivity index (χ3v) is 4.29. The Hall–Kier alpha value is -1.98. The van der Waals surface area contributed by atoms with E-state index in [1.807, 2.05) is 0 Å². The zero-order valence-corrected chi connectivity index (χ0v) is 13.7. The van der Waals surface area contributed by atoms with Crippen LogP contribution in [0.15, 0.2) is 40.6 Å². The summed E-state index contributed by atoms with van der Waals surface area (Å²) in [5, 5.41) is 9.63. The number of methoxy groups -OCH3 is 1. The van der Waals surface area contributed by atoms with E-state index in [1.165, 1.54) is 6.07 Å². The smallest absolute Gasteiger partial charge is 0.232 e. The van der Waals surface area contributed by atoms with Crippen LogP contribution in [-0.2, 0) is 0 Å². The summed E-state index contributed by atoms with van der Waals surface area (Å²) in [5.41, 5.74) is 1.12. The normalized spacial score (nSPS) is 14.9. The molecule has 112 valence electrons. The van der Waals surface area contributed by atoms with Gasteiger partial charge in [-0.1, -0.05) is 17.7 Å². The molecule has 1 N–H and O–H groups in total. The summed E-state index contributed by atoms with van der Waals surface area (Å²) in [7, 11) is 1.54. The molecule has 0 saturated carbocycles. The molecule has 3 rings (SSSR count). The van der Waals surface area contributed by atoms with Crippen molar-refractivity contribution < 1.29 is 19.4 Å². The molecular weight excluding hydrogens is 372 g/mol. The minimum Gasteiger partial charge on any atom is -0.506 e. The maximum absolute atomic E-state index is 12.4. The summed E-state index contributed by atoms with van der Waals surface area (Å²) in [6.45, 7) is 0. The molecule has 1 heterocycles. The number of halogens is 2. The van der Waals surface area contributed by atoms with Crippen molar-refractivity contribution in [1.82, 2.24) is 0 Å². The van der Waals surface area contributed by atoms with Gasteiger partial charge in [-0.15, -0.1) is 0 Å². The average Bonchev–Trinajstić information content (AvgIpc) is 2.81. The Labute approximate surface area is 140 Å². The maximum atomic E-state index is 12.4. The highest BCUT2D eigenvalue weighted by molar-refractivity contribution is 9.10. The summed E-state index contributed by atoms with van der Waals surface area (Å²) in [5.74, 6) is 0.965. The molecule has 0 atom stereocenters. The largest absolute Gasteiger partial charge is 0.506 e. The third kappa shape index (κ3) is 2.46. The van der Waals surface area contributed by atoms with E-state index >= 15 is 0 Å². The van der Waals surface area contributed by atoms with Crippen molar-refractivity contribution in [2.45, 2.75) is 0 Å². The van der Waals surface area contributed by atoms with Crippen molar-refractivity contribution in [3.63, 3.8) is 0 Å². The minimum absolute atomic E-state index is 0.0155. The first-order chi connectivity index (χ1) is 10.5. The lowest BCUT2D eigenvalue weighted by molar-refractivity contribution is 0.101. The van der Waals surface area contributed by atoms with Crippen LogP contribution in [0.25, 0.3) is 6.08 Å². The molecule has 0 bridgehead atoms. The van der Waals surface area contributed by atoms with Crippen LogP contribution in [0.3, 0.4) is 0 Å². The fraction of sp³-hybridized carbons (Fsp3) is 0.0625. The Morgan fingerprint density at radius 3 is 2.77 bits per heavy atom. The first-order valence-electron chi connectivity index (χ1n) is 6.30. The number of carbonyl (C=O) groups excluding carboxylic acids is 1. The second-order valence-corrected chi connectivity index (χ2v) is 5.81. The first kappa shape index (κ1) is 14.9. The monoisotopic (exact) mass is 380 g/mol. The van der Waals surface area contributed by atoms with E-state index in [1.54, 1.807) is 37.5 Å². The second-order valence-electron chi connectivity index (χ2n) is 4.61. The minimum atomic E-state index is -0.220. The van der Waals surface area contributed by atoms with Gasteiger partial charge in [0.1, 0.15) is 16.0 Å². The summed E-state index contributed by atoms with van der Waals surface area (Å²) in [6.07, 6.45) is 1.58. The van der Waals surface area contributed by atoms with Gasteiger partial charge in [0.2, 0.25) is 5.78 Å². The van der Waals surface area contributed by atoms with Crippen LogP contribution in [0.4, 0.5) is 0 Å². The van der Waals surface area contributed by atoms with Crippen LogP contribution in [0, 0.1) is 0 Å². The highest BCUT2D eigenvalue weighted by Crippen LogP contribution is 2.43. The van der Waals surface area contributed by atoms with Crippen molar-refractivity contribution in [3.05, 3.63) is 56.7 Å². The summed E-state index contributed by atoms with van der Waals surface area (Å²) < 4.78 is 11.4. The molecule has 0 saturated heterocycles. The Kier molecular flexibility index (Phi) is 3.85. The topological polar surface area (TPSA) is 55.8 Å². The molecule has 0 aliphatic carbocycles. The molecule has 0 unspecified atom stereocenters. The standard InChI is InChI=1S/C16H10BrClO4/c1-21-12-5-3-9-15(20)13(22-16(9)14(12)17)7-8-2-4-11(19)10(18)6-8/h2-7,19H,1H3/b13-7-. The number of ketones is 1. The van der Waals surface area contributed by atoms with Crippen molar-refractivity contribution in [2.24, 2.45) is 0 Å². The van der Waals surface area contributed by atoms with Gasteiger partial charge >= 0.3 is 0 Å². The fourth-order valence-electron chi connectivity index (χ4n) is 2.12. The number of hydrogen-bond donors (Lipinski definition) is 1. The van der Waals surface area contributed by atoms with Crippen molar-refractivity contribution in [2.75, 3.05) is 7.11 Å². The number of hydrogen-bond acceptors (Lipinski definition) is 4. The van der Waals surface area contributed by atoms with Crippen LogP contribution in [-0.4, -0.2) is 18.0 Å². The molecule has 6 heteroatoms. The van der Waals surface area contributed by atoms with Crippen LogP contribution in [0.2, 0.25) is 5.02 Å². The average molecular weight is 382 g/mol. The van der Waals surface area contributed by atoms with Gasteiger partial charge in [-0.2, -0.15) is 0 Å². The molecule has 0 aromatic heterocycles. The van der Waals surface area contributed by atoms with E-state index in [0.29, 0.717) is 27.1 Å². The molecule has 2 aromatic rings. The fourth-order valence-corrected chi connectivity index (χ4v) is 2.90. The predicted octanol–water partition coefficient (Wildman–Crippen LogP) is 4.43. The number of phenolic OH excluding ortho intramolecular Hbond substituents is 1. The Morgan fingerprint density at radius 1 is 1.32 bits per heavy atom. The second kappa shape index (κ2) is 5.66. The maximum Gasteiger partial charge on any atom is 0.232 e. The Balaban J connectivity index is 2.01. The van der Waals surface area contributed by atoms with Gasteiger partial charge in [-0.25, -0.2) is 0 Å². The zero-order chi connectivity index (χ0) is 15.9. The van der Waals surface area contributed by atoms with Gasteiger partial charge in [0, 0.05) is 0 Å². The number of ether oxygens (including phenoxy) is 2. The van der Waals surface area contributed by atoms with Crippen molar-refractivity contribution in [1.29, 1.82) is 0 Å². The predicted molar refractivity (Wildman–Crippen MR) is 86.7 cm³/mol. The van der Waals surface area contributed by atoms with Gasteiger partial charge in [0.15, 0.2) is 11.5 Å². The molecule has 1 aliphatic rings. The molecular formula is C16H10BrClO4. The number of allylic oxidation sites excluding steroid dienone is 1. The quantitative estimate of drug-likeness (QED) is 0.782. The van der Waals surface area contributed by atoms with Crippen LogP contribution < -0.4 is 9.47 Å². The van der Waals surface area contributed by atoms with E-state index < -0.39 is 0 Å². The lowest BCUT2D eigenvalue weighted by Crippen LogP contribution is -1.97. The molecule has 0 fully saturated rings. The number of benzene rings is 2. The molecule has 22 heavy (non-hydrogen) atoms. The molecule has 2 aromatic carbocycles. The summed E-state index contributed by atoms with van der Waals surface area (Å²) in [4.78, 5) is 12.4. The number of phenols is 1.